The van der Waals surface area contributed by atoms with Gasteiger partial charge < -0.3 is 4.90 Å². The second kappa shape index (κ2) is 6.77. The number of aromatic nitrogens is 2. The SMILES string of the molecule is Cc1c(C(=O)N(C)C(C)c2cccc(Cl)c2)sc2nc3n(c(=O)c12)CCC3. The lowest BCUT2D eigenvalue weighted by Gasteiger charge is -2.25. The van der Waals surface area contributed by atoms with Crippen molar-refractivity contribution < 1.29 is 4.79 Å². The van der Waals surface area contributed by atoms with Crippen LogP contribution < -0.4 is 5.56 Å². The molecule has 2 aromatic heterocycles. The molecular weight excluding hydrogens is 382 g/mol. The van der Waals surface area contributed by atoms with Gasteiger partial charge in [0.1, 0.15) is 10.7 Å². The molecule has 3 heterocycles. The first-order valence-electron chi connectivity index (χ1n) is 8.94. The highest BCUT2D eigenvalue weighted by molar-refractivity contribution is 7.20. The Kier molecular flexibility index (Phi) is 4.56. The maximum atomic E-state index is 13.2. The number of carbonyl (C=O) groups excluding carboxylic acids is 1. The molecule has 1 aliphatic heterocycles. The number of halogens is 1. The molecule has 0 spiro atoms. The largest absolute Gasteiger partial charge is 0.334 e. The highest BCUT2D eigenvalue weighted by Gasteiger charge is 2.26. The summed E-state index contributed by atoms with van der Waals surface area (Å²) in [5, 5.41) is 1.22. The third-order valence-electron chi connectivity index (χ3n) is 5.34. The fraction of sp³-hybridized carbons (Fsp3) is 0.350. The molecule has 0 N–H and O–H groups in total. The van der Waals surface area contributed by atoms with Gasteiger partial charge in [0.05, 0.1) is 16.3 Å². The minimum Gasteiger partial charge on any atom is -0.334 e. The number of hydrogen-bond donors (Lipinski definition) is 0. The van der Waals surface area contributed by atoms with Gasteiger partial charge in [0, 0.05) is 25.0 Å². The first kappa shape index (κ1) is 18.2. The average Bonchev–Trinajstić information content (AvgIpc) is 3.25. The first-order chi connectivity index (χ1) is 12.9. The second-order valence-corrected chi connectivity index (χ2v) is 8.41. The van der Waals surface area contributed by atoms with Crippen LogP contribution in [0.15, 0.2) is 29.1 Å². The molecule has 7 heteroatoms. The molecule has 0 bridgehead atoms. The predicted molar refractivity (Wildman–Crippen MR) is 109 cm³/mol. The van der Waals surface area contributed by atoms with Crippen LogP contribution in [0.25, 0.3) is 10.2 Å². The van der Waals surface area contributed by atoms with Crippen molar-refractivity contribution in [2.45, 2.75) is 39.3 Å². The molecule has 3 aromatic rings. The zero-order valence-corrected chi connectivity index (χ0v) is 17.0. The number of fused-ring (bicyclic) bond motifs is 2. The third kappa shape index (κ3) is 2.97. The molecule has 1 atom stereocenters. The Morgan fingerprint density at radius 2 is 2.19 bits per heavy atom. The molecule has 1 aliphatic rings. The molecular formula is C20H20ClN3O2S. The van der Waals surface area contributed by atoms with E-state index in [9.17, 15) is 9.59 Å². The number of aryl methyl sites for hydroxylation is 2. The van der Waals surface area contributed by atoms with Crippen LogP contribution in [0, 0.1) is 6.92 Å². The minimum absolute atomic E-state index is 0.0224. The van der Waals surface area contributed by atoms with Gasteiger partial charge in [-0.3, -0.25) is 14.2 Å². The fourth-order valence-corrected chi connectivity index (χ4v) is 4.98. The molecule has 0 radical (unpaired) electrons. The second-order valence-electron chi connectivity index (χ2n) is 6.97. The topological polar surface area (TPSA) is 55.2 Å². The molecule has 4 rings (SSSR count). The highest BCUT2D eigenvalue weighted by Crippen LogP contribution is 2.31. The van der Waals surface area contributed by atoms with Gasteiger partial charge in [-0.15, -0.1) is 11.3 Å². The van der Waals surface area contributed by atoms with Crippen LogP contribution in [0.5, 0.6) is 0 Å². The molecule has 0 aliphatic carbocycles. The van der Waals surface area contributed by atoms with Crippen LogP contribution in [-0.2, 0) is 13.0 Å². The average molecular weight is 402 g/mol. The van der Waals surface area contributed by atoms with E-state index in [2.05, 4.69) is 4.98 Å². The van der Waals surface area contributed by atoms with Crippen molar-refractivity contribution in [3.05, 3.63) is 61.5 Å². The predicted octanol–water partition coefficient (Wildman–Crippen LogP) is 4.20. The van der Waals surface area contributed by atoms with Gasteiger partial charge in [-0.25, -0.2) is 4.98 Å². The Bertz CT molecular complexity index is 1120. The molecule has 1 aromatic carbocycles. The Labute approximate surface area is 166 Å². The van der Waals surface area contributed by atoms with E-state index in [1.54, 1.807) is 16.5 Å². The van der Waals surface area contributed by atoms with Crippen molar-refractivity contribution in [2.24, 2.45) is 0 Å². The van der Waals surface area contributed by atoms with Crippen LogP contribution in [0.1, 0.15) is 46.0 Å². The van der Waals surface area contributed by atoms with Gasteiger partial charge in [0.2, 0.25) is 0 Å². The van der Waals surface area contributed by atoms with E-state index in [1.807, 2.05) is 38.1 Å². The summed E-state index contributed by atoms with van der Waals surface area (Å²) in [6.45, 7) is 4.52. The maximum absolute atomic E-state index is 13.2. The van der Waals surface area contributed by atoms with Gasteiger partial charge in [0.15, 0.2) is 0 Å². The Morgan fingerprint density at radius 1 is 1.41 bits per heavy atom. The summed E-state index contributed by atoms with van der Waals surface area (Å²) in [5.41, 5.74) is 1.67. The Hall–Kier alpha value is -2.18. The van der Waals surface area contributed by atoms with Crippen molar-refractivity contribution in [3.63, 3.8) is 0 Å². The van der Waals surface area contributed by atoms with Gasteiger partial charge >= 0.3 is 0 Å². The zero-order chi connectivity index (χ0) is 19.3. The quantitative estimate of drug-likeness (QED) is 0.660. The molecule has 5 nitrogen and oxygen atoms in total. The Morgan fingerprint density at radius 3 is 2.93 bits per heavy atom. The van der Waals surface area contributed by atoms with E-state index < -0.39 is 0 Å². The van der Waals surface area contributed by atoms with Gasteiger partial charge in [0.25, 0.3) is 11.5 Å². The number of nitrogens with zero attached hydrogens (tertiary/aromatic N) is 3. The lowest BCUT2D eigenvalue weighted by atomic mass is 10.1. The highest BCUT2D eigenvalue weighted by atomic mass is 35.5. The third-order valence-corrected chi connectivity index (χ3v) is 6.75. The summed E-state index contributed by atoms with van der Waals surface area (Å²) in [6.07, 6.45) is 1.77. The first-order valence-corrected chi connectivity index (χ1v) is 10.1. The zero-order valence-electron chi connectivity index (χ0n) is 15.5. The van der Waals surface area contributed by atoms with Gasteiger partial charge in [-0.2, -0.15) is 0 Å². The number of hydrogen-bond acceptors (Lipinski definition) is 4. The molecule has 1 unspecified atom stereocenters. The summed E-state index contributed by atoms with van der Waals surface area (Å²) in [5.74, 6) is 0.723. The molecule has 0 saturated carbocycles. The Balaban J connectivity index is 1.73. The molecule has 0 saturated heterocycles. The smallest absolute Gasteiger partial charge is 0.264 e. The van der Waals surface area contributed by atoms with E-state index in [0.29, 0.717) is 26.7 Å². The summed E-state index contributed by atoms with van der Waals surface area (Å²) in [6, 6.07) is 7.38. The van der Waals surface area contributed by atoms with E-state index >= 15 is 0 Å². The van der Waals surface area contributed by atoms with Crippen LogP contribution in [0.2, 0.25) is 5.02 Å². The summed E-state index contributed by atoms with van der Waals surface area (Å²) in [4.78, 5) is 33.6. The number of carbonyl (C=O) groups is 1. The van der Waals surface area contributed by atoms with Crippen molar-refractivity contribution in [1.29, 1.82) is 0 Å². The summed E-state index contributed by atoms with van der Waals surface area (Å²) < 4.78 is 1.74. The van der Waals surface area contributed by atoms with E-state index in [1.165, 1.54) is 11.3 Å². The summed E-state index contributed by atoms with van der Waals surface area (Å²) in [7, 11) is 1.78. The minimum atomic E-state index is -0.139. The maximum Gasteiger partial charge on any atom is 0.264 e. The van der Waals surface area contributed by atoms with Crippen LogP contribution in [-0.4, -0.2) is 27.4 Å². The van der Waals surface area contributed by atoms with Gasteiger partial charge in [-0.05, 0) is 43.5 Å². The summed E-state index contributed by atoms with van der Waals surface area (Å²) >= 11 is 7.40. The standard InChI is InChI=1S/C20H20ClN3O2S/c1-11-16-18(22-15-8-5-9-24(15)19(16)25)27-17(11)20(26)23(3)12(2)13-6-4-7-14(21)10-13/h4,6-7,10,12H,5,8-9H2,1-3H3. The fourth-order valence-electron chi connectivity index (χ4n) is 3.61. The van der Waals surface area contributed by atoms with Crippen molar-refractivity contribution in [1.82, 2.24) is 14.5 Å². The van der Waals surface area contributed by atoms with Crippen molar-refractivity contribution in [3.8, 4) is 0 Å². The van der Waals surface area contributed by atoms with Gasteiger partial charge in [-0.1, -0.05) is 23.7 Å². The lowest BCUT2D eigenvalue weighted by molar-refractivity contribution is 0.0747. The molecule has 27 heavy (non-hydrogen) atoms. The lowest BCUT2D eigenvalue weighted by Crippen LogP contribution is -2.29. The van der Waals surface area contributed by atoms with E-state index in [-0.39, 0.29) is 17.5 Å². The monoisotopic (exact) mass is 401 g/mol. The van der Waals surface area contributed by atoms with E-state index in [4.69, 9.17) is 11.6 Å². The number of benzene rings is 1. The number of rotatable bonds is 3. The van der Waals surface area contributed by atoms with Crippen LogP contribution in [0.4, 0.5) is 0 Å². The molecule has 140 valence electrons. The number of amides is 1. The molecule has 1 amide bonds. The van der Waals surface area contributed by atoms with E-state index in [0.717, 1.165) is 29.8 Å². The van der Waals surface area contributed by atoms with Crippen LogP contribution in [0.3, 0.4) is 0 Å². The van der Waals surface area contributed by atoms with Crippen molar-refractivity contribution in [2.75, 3.05) is 7.05 Å². The molecule has 0 fully saturated rings. The van der Waals surface area contributed by atoms with Crippen LogP contribution >= 0.6 is 22.9 Å². The number of thiophene rings is 1. The van der Waals surface area contributed by atoms with Crippen molar-refractivity contribution >= 4 is 39.1 Å². The normalized spacial score (nSPS) is 14.4.